The Kier molecular flexibility index (Phi) is 4.66. The van der Waals surface area contributed by atoms with Crippen LogP contribution in [0.15, 0.2) is 18.2 Å². The molecule has 0 radical (unpaired) electrons. The molecule has 0 saturated carbocycles. The summed E-state index contributed by atoms with van der Waals surface area (Å²) in [5.74, 6) is 2.55. The molecule has 3 heterocycles. The minimum Gasteiger partial charge on any atom is -0.493 e. The van der Waals surface area contributed by atoms with Crippen molar-refractivity contribution in [3.63, 3.8) is 0 Å². The molecule has 4 nitrogen and oxygen atoms in total. The van der Waals surface area contributed by atoms with Crippen LogP contribution in [-0.4, -0.2) is 44.3 Å². The van der Waals surface area contributed by atoms with E-state index in [9.17, 15) is 0 Å². The molecule has 3 fully saturated rings. The lowest BCUT2D eigenvalue weighted by Crippen LogP contribution is -2.55. The van der Waals surface area contributed by atoms with Crippen LogP contribution in [0.5, 0.6) is 11.5 Å². The van der Waals surface area contributed by atoms with Crippen molar-refractivity contribution in [1.29, 1.82) is 0 Å². The summed E-state index contributed by atoms with van der Waals surface area (Å²) in [6.07, 6.45) is 2.68. The minimum absolute atomic E-state index is 0.618. The molecular formula is C17H26N2O2. The van der Waals surface area contributed by atoms with Crippen LogP contribution in [-0.2, 0) is 6.54 Å². The van der Waals surface area contributed by atoms with Crippen molar-refractivity contribution in [2.24, 2.45) is 5.92 Å². The maximum Gasteiger partial charge on any atom is 0.165 e. The van der Waals surface area contributed by atoms with E-state index in [0.29, 0.717) is 12.6 Å². The fourth-order valence-electron chi connectivity index (χ4n) is 3.64. The maximum absolute atomic E-state index is 5.65. The summed E-state index contributed by atoms with van der Waals surface area (Å²) in [6.45, 7) is 7.26. The molecule has 3 saturated heterocycles. The van der Waals surface area contributed by atoms with E-state index in [0.717, 1.165) is 24.0 Å². The number of hydrogen-bond acceptors (Lipinski definition) is 4. The van der Waals surface area contributed by atoms with Gasteiger partial charge in [0.25, 0.3) is 0 Å². The summed E-state index contributed by atoms with van der Waals surface area (Å²) >= 11 is 0. The fraction of sp³-hybridized carbons (Fsp3) is 0.647. The molecule has 3 aliphatic rings. The highest BCUT2D eigenvalue weighted by Crippen LogP contribution is 2.32. The zero-order valence-corrected chi connectivity index (χ0v) is 13.1. The van der Waals surface area contributed by atoms with Gasteiger partial charge in [0, 0.05) is 24.7 Å². The molecule has 0 amide bonds. The normalized spacial score (nSPS) is 27.6. The number of fused-ring (bicyclic) bond motifs is 3. The standard InChI is InChI=1S/C17H26N2O2/c1-3-21-16-6-4-5-14(17(16)20-2)11-18-15-12-19-9-7-13(15)8-10-19/h4-6,13,15,18H,3,7-12H2,1-2H3. The molecule has 4 rings (SSSR count). The highest BCUT2D eigenvalue weighted by atomic mass is 16.5. The van der Waals surface area contributed by atoms with Crippen molar-refractivity contribution in [3.8, 4) is 11.5 Å². The van der Waals surface area contributed by atoms with E-state index >= 15 is 0 Å². The number of piperidine rings is 3. The van der Waals surface area contributed by atoms with Crippen LogP contribution < -0.4 is 14.8 Å². The van der Waals surface area contributed by atoms with Gasteiger partial charge in [-0.3, -0.25) is 0 Å². The smallest absolute Gasteiger partial charge is 0.165 e. The lowest BCUT2D eigenvalue weighted by Gasteiger charge is -2.45. The Morgan fingerprint density at radius 1 is 1.29 bits per heavy atom. The fourth-order valence-corrected chi connectivity index (χ4v) is 3.64. The molecule has 3 aliphatic heterocycles. The van der Waals surface area contributed by atoms with Gasteiger partial charge < -0.3 is 19.7 Å². The average molecular weight is 290 g/mol. The van der Waals surface area contributed by atoms with Gasteiger partial charge in [-0.05, 0) is 44.8 Å². The summed E-state index contributed by atoms with van der Waals surface area (Å²) in [5.41, 5.74) is 1.18. The first-order chi connectivity index (χ1) is 10.3. The van der Waals surface area contributed by atoms with Gasteiger partial charge in [-0.2, -0.15) is 0 Å². The topological polar surface area (TPSA) is 33.7 Å². The van der Waals surface area contributed by atoms with Crippen LogP contribution in [0.2, 0.25) is 0 Å². The monoisotopic (exact) mass is 290 g/mol. The third-order valence-corrected chi connectivity index (χ3v) is 4.78. The number of nitrogens with one attached hydrogen (secondary N) is 1. The highest BCUT2D eigenvalue weighted by molar-refractivity contribution is 5.46. The molecule has 0 spiro atoms. The molecule has 1 unspecified atom stereocenters. The Morgan fingerprint density at radius 3 is 2.71 bits per heavy atom. The first-order valence-electron chi connectivity index (χ1n) is 8.06. The molecule has 21 heavy (non-hydrogen) atoms. The molecule has 0 aliphatic carbocycles. The van der Waals surface area contributed by atoms with E-state index in [1.165, 1.54) is 38.0 Å². The third kappa shape index (κ3) is 3.16. The summed E-state index contributed by atoms with van der Waals surface area (Å²) in [6, 6.07) is 6.75. The van der Waals surface area contributed by atoms with Crippen LogP contribution in [0.4, 0.5) is 0 Å². The Bertz CT molecular complexity index is 470. The minimum atomic E-state index is 0.618. The molecule has 1 aromatic carbocycles. The quantitative estimate of drug-likeness (QED) is 0.871. The van der Waals surface area contributed by atoms with Crippen molar-refractivity contribution in [3.05, 3.63) is 23.8 Å². The third-order valence-electron chi connectivity index (χ3n) is 4.78. The van der Waals surface area contributed by atoms with E-state index < -0.39 is 0 Å². The number of nitrogens with zero attached hydrogens (tertiary/aromatic N) is 1. The van der Waals surface area contributed by atoms with Crippen molar-refractivity contribution < 1.29 is 9.47 Å². The van der Waals surface area contributed by atoms with Crippen LogP contribution in [0.1, 0.15) is 25.3 Å². The predicted octanol–water partition coefficient (Wildman–Crippen LogP) is 2.28. The molecule has 1 N–H and O–H groups in total. The predicted molar refractivity (Wildman–Crippen MR) is 84.0 cm³/mol. The second-order valence-corrected chi connectivity index (χ2v) is 6.01. The summed E-state index contributed by atoms with van der Waals surface area (Å²) in [5, 5.41) is 3.74. The van der Waals surface area contributed by atoms with Crippen molar-refractivity contribution in [2.45, 2.75) is 32.4 Å². The second kappa shape index (κ2) is 6.67. The van der Waals surface area contributed by atoms with Crippen molar-refractivity contribution in [1.82, 2.24) is 10.2 Å². The Labute approximate surface area is 127 Å². The number of ether oxygens (including phenoxy) is 2. The summed E-state index contributed by atoms with van der Waals surface area (Å²) < 4.78 is 11.2. The molecule has 1 aromatic rings. The number of hydrogen-bond donors (Lipinski definition) is 1. The van der Waals surface area contributed by atoms with E-state index in [4.69, 9.17) is 9.47 Å². The molecular weight excluding hydrogens is 264 g/mol. The van der Waals surface area contributed by atoms with Gasteiger partial charge >= 0.3 is 0 Å². The lowest BCUT2D eigenvalue weighted by atomic mass is 9.84. The van der Waals surface area contributed by atoms with Gasteiger partial charge in [0.15, 0.2) is 11.5 Å². The Hall–Kier alpha value is -1.26. The zero-order chi connectivity index (χ0) is 14.7. The first kappa shape index (κ1) is 14.7. The van der Waals surface area contributed by atoms with E-state index in [2.05, 4.69) is 16.3 Å². The number of rotatable bonds is 6. The zero-order valence-electron chi connectivity index (χ0n) is 13.1. The number of benzene rings is 1. The number of para-hydroxylation sites is 1. The van der Waals surface area contributed by atoms with Gasteiger partial charge in [0.1, 0.15) is 0 Å². The van der Waals surface area contributed by atoms with Gasteiger partial charge in [-0.15, -0.1) is 0 Å². The molecule has 1 atom stereocenters. The molecule has 0 aromatic heterocycles. The molecule has 4 heteroatoms. The lowest BCUT2D eigenvalue weighted by molar-refractivity contribution is 0.0719. The van der Waals surface area contributed by atoms with E-state index in [1.807, 2.05) is 19.1 Å². The van der Waals surface area contributed by atoms with Crippen molar-refractivity contribution >= 4 is 0 Å². The van der Waals surface area contributed by atoms with Gasteiger partial charge in [-0.25, -0.2) is 0 Å². The summed E-state index contributed by atoms with van der Waals surface area (Å²) in [7, 11) is 1.72. The SMILES string of the molecule is CCOc1cccc(CNC2CN3CCC2CC3)c1OC. The van der Waals surface area contributed by atoms with E-state index in [-0.39, 0.29) is 0 Å². The average Bonchev–Trinajstić information content (AvgIpc) is 2.54. The largest absolute Gasteiger partial charge is 0.493 e. The molecule has 116 valence electrons. The number of methoxy groups -OCH3 is 1. The highest BCUT2D eigenvalue weighted by Gasteiger charge is 2.33. The maximum atomic E-state index is 5.65. The van der Waals surface area contributed by atoms with E-state index in [1.54, 1.807) is 7.11 Å². The van der Waals surface area contributed by atoms with Crippen LogP contribution >= 0.6 is 0 Å². The van der Waals surface area contributed by atoms with Crippen molar-refractivity contribution in [2.75, 3.05) is 33.4 Å². The first-order valence-corrected chi connectivity index (χ1v) is 8.06. The van der Waals surface area contributed by atoms with Gasteiger partial charge in [-0.1, -0.05) is 12.1 Å². The van der Waals surface area contributed by atoms with Crippen LogP contribution in [0.25, 0.3) is 0 Å². The second-order valence-electron chi connectivity index (χ2n) is 6.01. The van der Waals surface area contributed by atoms with Crippen LogP contribution in [0, 0.1) is 5.92 Å². The Balaban J connectivity index is 1.66. The van der Waals surface area contributed by atoms with Gasteiger partial charge in [0.05, 0.1) is 13.7 Å². The summed E-state index contributed by atoms with van der Waals surface area (Å²) in [4.78, 5) is 2.57. The Morgan fingerprint density at radius 2 is 2.10 bits per heavy atom. The van der Waals surface area contributed by atoms with Crippen LogP contribution in [0.3, 0.4) is 0 Å². The van der Waals surface area contributed by atoms with Gasteiger partial charge in [0.2, 0.25) is 0 Å². The molecule has 2 bridgehead atoms.